The molecule has 0 aliphatic rings. The molecule has 108 valence electrons. The number of carboxylic acids is 1. The average molecular weight is 273 g/mol. The number of aliphatic carboxylic acids is 1. The Bertz CT molecular complexity index is 236. The van der Waals surface area contributed by atoms with Crippen molar-refractivity contribution in [3.8, 4) is 0 Å². The predicted molar refractivity (Wildman–Crippen MR) is 57.4 cm³/mol. The minimum absolute atomic E-state index is 0.271. The summed E-state index contributed by atoms with van der Waals surface area (Å²) in [4.78, 5) is 10.4. The predicted octanol–water partition coefficient (Wildman–Crippen LogP) is 0.892. The molecule has 0 amide bonds. The van der Waals surface area contributed by atoms with E-state index in [-0.39, 0.29) is 6.54 Å². The third-order valence-corrected chi connectivity index (χ3v) is 2.12. The molecule has 2 N–H and O–H groups in total. The second-order valence-electron chi connectivity index (χ2n) is 3.60. The van der Waals surface area contributed by atoms with E-state index < -0.39 is 24.6 Å². The number of hydrogen-bond acceptors (Lipinski definition) is 4. The fraction of sp³-hybridized carbons (Fsp3) is 0.900. The van der Waals surface area contributed by atoms with Crippen LogP contribution in [0.3, 0.4) is 0 Å². The molecule has 0 aromatic carbocycles. The molecule has 8 heteroatoms. The monoisotopic (exact) mass is 273 g/mol. The van der Waals surface area contributed by atoms with E-state index in [0.717, 1.165) is 0 Å². The zero-order chi connectivity index (χ0) is 14.0. The van der Waals surface area contributed by atoms with Crippen molar-refractivity contribution in [1.82, 2.24) is 5.32 Å². The van der Waals surface area contributed by atoms with Crippen LogP contribution in [0.2, 0.25) is 0 Å². The van der Waals surface area contributed by atoms with Crippen LogP contribution < -0.4 is 5.32 Å². The Kier molecular flexibility index (Phi) is 8.69. The van der Waals surface area contributed by atoms with Gasteiger partial charge in [-0.05, 0) is 13.0 Å². The van der Waals surface area contributed by atoms with E-state index in [1.54, 1.807) is 0 Å². The first-order valence-corrected chi connectivity index (χ1v) is 5.46. The minimum Gasteiger partial charge on any atom is -0.481 e. The summed E-state index contributed by atoms with van der Waals surface area (Å²) in [6.07, 6.45) is -4.22. The van der Waals surface area contributed by atoms with Gasteiger partial charge < -0.3 is 19.9 Å². The largest absolute Gasteiger partial charge is 0.481 e. The number of hydrogen-bond donors (Lipinski definition) is 2. The lowest BCUT2D eigenvalue weighted by atomic mass is 10.1. The van der Waals surface area contributed by atoms with Crippen molar-refractivity contribution >= 4 is 5.97 Å². The second-order valence-corrected chi connectivity index (χ2v) is 3.60. The van der Waals surface area contributed by atoms with E-state index in [4.69, 9.17) is 14.6 Å². The molecule has 0 aliphatic heterocycles. The van der Waals surface area contributed by atoms with Gasteiger partial charge in [-0.3, -0.25) is 4.79 Å². The van der Waals surface area contributed by atoms with Crippen LogP contribution in [0.5, 0.6) is 0 Å². The fourth-order valence-corrected chi connectivity index (χ4v) is 1.13. The summed E-state index contributed by atoms with van der Waals surface area (Å²) in [6.45, 7) is 0.920. The van der Waals surface area contributed by atoms with Crippen LogP contribution in [-0.4, -0.2) is 57.3 Å². The standard InChI is InChI=1S/C10H18F3NO4/c1-17-5-6-18-4-2-3-14-7-8(9(15)16)10(11,12)13/h8,14H,2-7H2,1H3,(H,15,16). The van der Waals surface area contributed by atoms with E-state index in [9.17, 15) is 18.0 Å². The van der Waals surface area contributed by atoms with Crippen molar-refractivity contribution < 1.29 is 32.5 Å². The topological polar surface area (TPSA) is 67.8 Å². The number of methoxy groups -OCH3 is 1. The number of halogens is 3. The Balaban J connectivity index is 3.60. The third kappa shape index (κ3) is 8.26. The van der Waals surface area contributed by atoms with Gasteiger partial charge in [0.1, 0.15) is 0 Å². The molecule has 0 aromatic heterocycles. The highest BCUT2D eigenvalue weighted by molar-refractivity contribution is 5.71. The lowest BCUT2D eigenvalue weighted by Gasteiger charge is -2.16. The van der Waals surface area contributed by atoms with Crippen LogP contribution in [0.4, 0.5) is 13.2 Å². The van der Waals surface area contributed by atoms with Gasteiger partial charge in [-0.2, -0.15) is 13.2 Å². The van der Waals surface area contributed by atoms with Crippen molar-refractivity contribution in [1.29, 1.82) is 0 Å². The molecular weight excluding hydrogens is 255 g/mol. The van der Waals surface area contributed by atoms with E-state index in [0.29, 0.717) is 26.2 Å². The lowest BCUT2D eigenvalue weighted by molar-refractivity contribution is -0.192. The number of carboxylic acid groups (broad SMARTS) is 1. The van der Waals surface area contributed by atoms with Gasteiger partial charge in [0.25, 0.3) is 0 Å². The normalized spacial score (nSPS) is 13.6. The van der Waals surface area contributed by atoms with Gasteiger partial charge in [-0.1, -0.05) is 0 Å². The fourth-order valence-electron chi connectivity index (χ4n) is 1.13. The number of alkyl halides is 3. The van der Waals surface area contributed by atoms with Gasteiger partial charge in [0.15, 0.2) is 5.92 Å². The van der Waals surface area contributed by atoms with Crippen LogP contribution >= 0.6 is 0 Å². The number of rotatable bonds is 10. The number of ether oxygens (including phenoxy) is 2. The number of carbonyl (C=O) groups is 1. The zero-order valence-electron chi connectivity index (χ0n) is 10.1. The summed E-state index contributed by atoms with van der Waals surface area (Å²) >= 11 is 0. The first kappa shape index (κ1) is 17.1. The Hall–Kier alpha value is -0.860. The van der Waals surface area contributed by atoms with E-state index >= 15 is 0 Å². The van der Waals surface area contributed by atoms with Crippen LogP contribution in [0, 0.1) is 5.92 Å². The molecule has 0 saturated heterocycles. The van der Waals surface area contributed by atoms with E-state index in [2.05, 4.69) is 5.32 Å². The maximum atomic E-state index is 12.2. The molecule has 0 radical (unpaired) electrons. The second kappa shape index (κ2) is 9.12. The molecule has 0 heterocycles. The van der Waals surface area contributed by atoms with Crippen molar-refractivity contribution in [2.75, 3.05) is 40.0 Å². The van der Waals surface area contributed by atoms with Crippen LogP contribution in [0.15, 0.2) is 0 Å². The summed E-state index contributed by atoms with van der Waals surface area (Å²) in [7, 11) is 1.54. The maximum Gasteiger partial charge on any atom is 0.403 e. The Labute approximate surface area is 103 Å². The van der Waals surface area contributed by atoms with Crippen molar-refractivity contribution in [2.45, 2.75) is 12.6 Å². The summed E-state index contributed by atoms with van der Waals surface area (Å²) < 4.78 is 46.5. The Morgan fingerprint density at radius 3 is 2.50 bits per heavy atom. The van der Waals surface area contributed by atoms with E-state index in [1.165, 1.54) is 7.11 Å². The smallest absolute Gasteiger partial charge is 0.403 e. The molecule has 0 rings (SSSR count). The zero-order valence-corrected chi connectivity index (χ0v) is 10.1. The average Bonchev–Trinajstić information content (AvgIpc) is 2.24. The van der Waals surface area contributed by atoms with Gasteiger partial charge in [-0.25, -0.2) is 0 Å². The van der Waals surface area contributed by atoms with Gasteiger partial charge in [0.2, 0.25) is 0 Å². The molecule has 0 aliphatic carbocycles. The highest BCUT2D eigenvalue weighted by atomic mass is 19.4. The van der Waals surface area contributed by atoms with Gasteiger partial charge in [0, 0.05) is 20.3 Å². The summed E-state index contributed by atoms with van der Waals surface area (Å²) in [6, 6.07) is 0. The molecule has 5 nitrogen and oxygen atoms in total. The first-order chi connectivity index (χ1) is 8.39. The van der Waals surface area contributed by atoms with Crippen LogP contribution in [0.1, 0.15) is 6.42 Å². The first-order valence-electron chi connectivity index (χ1n) is 5.46. The van der Waals surface area contributed by atoms with E-state index in [1.807, 2.05) is 0 Å². The lowest BCUT2D eigenvalue weighted by Crippen LogP contribution is -2.39. The van der Waals surface area contributed by atoms with Crippen LogP contribution in [-0.2, 0) is 14.3 Å². The summed E-state index contributed by atoms with van der Waals surface area (Å²) in [5.41, 5.74) is 0. The van der Waals surface area contributed by atoms with Gasteiger partial charge >= 0.3 is 12.1 Å². The van der Waals surface area contributed by atoms with Gasteiger partial charge in [-0.15, -0.1) is 0 Å². The highest BCUT2D eigenvalue weighted by Gasteiger charge is 2.44. The summed E-state index contributed by atoms with van der Waals surface area (Å²) in [5.74, 6) is -4.24. The molecule has 0 spiro atoms. The molecular formula is C10H18F3NO4. The van der Waals surface area contributed by atoms with Crippen LogP contribution in [0.25, 0.3) is 0 Å². The minimum atomic E-state index is -4.73. The van der Waals surface area contributed by atoms with Crippen molar-refractivity contribution in [3.05, 3.63) is 0 Å². The van der Waals surface area contributed by atoms with Gasteiger partial charge in [0.05, 0.1) is 13.2 Å². The molecule has 18 heavy (non-hydrogen) atoms. The number of nitrogens with one attached hydrogen (secondary N) is 1. The molecule has 1 unspecified atom stereocenters. The molecule has 0 saturated carbocycles. The highest BCUT2D eigenvalue weighted by Crippen LogP contribution is 2.25. The molecule has 1 atom stereocenters. The van der Waals surface area contributed by atoms with Crippen molar-refractivity contribution in [3.63, 3.8) is 0 Å². The Morgan fingerprint density at radius 2 is 2.00 bits per heavy atom. The van der Waals surface area contributed by atoms with Crippen molar-refractivity contribution in [2.24, 2.45) is 5.92 Å². The Morgan fingerprint density at radius 1 is 1.33 bits per heavy atom. The molecule has 0 fully saturated rings. The molecule has 0 bridgehead atoms. The molecule has 0 aromatic rings. The third-order valence-electron chi connectivity index (χ3n) is 2.12. The SMILES string of the molecule is COCCOCCCNCC(C(=O)O)C(F)(F)F. The quantitative estimate of drug-likeness (QED) is 0.579. The summed E-state index contributed by atoms with van der Waals surface area (Å²) in [5, 5.41) is 10.9. The maximum absolute atomic E-state index is 12.2.